The van der Waals surface area contributed by atoms with E-state index in [1.54, 1.807) is 6.20 Å². The van der Waals surface area contributed by atoms with E-state index < -0.39 is 0 Å². The van der Waals surface area contributed by atoms with Crippen molar-refractivity contribution < 1.29 is 9.15 Å². The van der Waals surface area contributed by atoms with E-state index in [-0.39, 0.29) is 0 Å². The van der Waals surface area contributed by atoms with Gasteiger partial charge in [0.2, 0.25) is 5.88 Å². The van der Waals surface area contributed by atoms with E-state index in [4.69, 9.17) is 9.15 Å². The van der Waals surface area contributed by atoms with Crippen LogP contribution in [0.5, 0.6) is 11.6 Å². The average Bonchev–Trinajstić information content (AvgIpc) is 3.45. The summed E-state index contributed by atoms with van der Waals surface area (Å²) in [5, 5.41) is 6.78. The first-order chi connectivity index (χ1) is 15.3. The molecule has 3 heterocycles. The Labute approximate surface area is 178 Å². The molecule has 0 atom stereocenters. The minimum Gasteiger partial charge on any atom is -0.456 e. The number of hydrogen-bond acceptors (Lipinski definition) is 4. The van der Waals surface area contributed by atoms with Crippen LogP contribution in [0.4, 0.5) is 0 Å². The van der Waals surface area contributed by atoms with Gasteiger partial charge in [-0.25, -0.2) is 9.67 Å². The van der Waals surface area contributed by atoms with Gasteiger partial charge in [0, 0.05) is 40.9 Å². The van der Waals surface area contributed by atoms with E-state index in [0.717, 1.165) is 38.8 Å². The van der Waals surface area contributed by atoms with E-state index in [1.807, 2.05) is 83.8 Å². The van der Waals surface area contributed by atoms with Gasteiger partial charge >= 0.3 is 0 Å². The predicted octanol–water partition coefficient (Wildman–Crippen LogP) is 6.63. The van der Waals surface area contributed by atoms with Gasteiger partial charge in [0.25, 0.3) is 0 Å². The van der Waals surface area contributed by atoms with Crippen LogP contribution >= 0.6 is 0 Å². The van der Waals surface area contributed by atoms with Crippen molar-refractivity contribution in [3.63, 3.8) is 0 Å². The van der Waals surface area contributed by atoms with Crippen LogP contribution in [0, 0.1) is 0 Å². The second kappa shape index (κ2) is 7.15. The Balaban J connectivity index is 1.34. The second-order valence-corrected chi connectivity index (χ2v) is 7.25. The largest absolute Gasteiger partial charge is 0.456 e. The molecule has 0 saturated carbocycles. The standard InChI is InChI=1S/C26H17N3O2/c1-2-9-24-22(8-1)23-14-18(11-12-25(23)31-24)19-16-28-29(17-19)20-6-5-7-21(15-20)30-26-10-3-4-13-27-26/h1-17H. The Kier molecular flexibility index (Phi) is 4.03. The lowest BCUT2D eigenvalue weighted by atomic mass is 10.1. The Hall–Kier alpha value is -4.38. The number of rotatable bonds is 4. The van der Waals surface area contributed by atoms with Crippen molar-refractivity contribution in [2.24, 2.45) is 0 Å². The number of fused-ring (bicyclic) bond motifs is 3. The van der Waals surface area contributed by atoms with E-state index in [2.05, 4.69) is 28.3 Å². The highest BCUT2D eigenvalue weighted by Crippen LogP contribution is 2.32. The van der Waals surface area contributed by atoms with Crippen molar-refractivity contribution in [2.75, 3.05) is 0 Å². The fourth-order valence-corrected chi connectivity index (χ4v) is 3.74. The zero-order valence-corrected chi connectivity index (χ0v) is 16.5. The van der Waals surface area contributed by atoms with Crippen LogP contribution in [0.1, 0.15) is 0 Å². The zero-order valence-electron chi connectivity index (χ0n) is 16.5. The summed E-state index contributed by atoms with van der Waals surface area (Å²) in [5.41, 5.74) is 4.82. The van der Waals surface area contributed by atoms with Gasteiger partial charge < -0.3 is 9.15 Å². The van der Waals surface area contributed by atoms with E-state index in [1.165, 1.54) is 0 Å². The molecule has 31 heavy (non-hydrogen) atoms. The summed E-state index contributed by atoms with van der Waals surface area (Å²) in [7, 11) is 0. The van der Waals surface area contributed by atoms with Gasteiger partial charge in [0.15, 0.2) is 0 Å². The van der Waals surface area contributed by atoms with Crippen LogP contribution in [-0.2, 0) is 0 Å². The molecule has 6 aromatic rings. The zero-order chi connectivity index (χ0) is 20.6. The van der Waals surface area contributed by atoms with Gasteiger partial charge in [-0.1, -0.05) is 36.4 Å². The van der Waals surface area contributed by atoms with Crippen LogP contribution in [0.15, 0.2) is 108 Å². The Bertz CT molecular complexity index is 1520. The molecule has 0 N–H and O–H groups in total. The first kappa shape index (κ1) is 17.5. The van der Waals surface area contributed by atoms with Gasteiger partial charge in [-0.05, 0) is 42.0 Å². The highest BCUT2D eigenvalue weighted by atomic mass is 16.5. The third kappa shape index (κ3) is 3.22. The average molecular weight is 403 g/mol. The molecule has 0 fully saturated rings. The number of benzene rings is 3. The van der Waals surface area contributed by atoms with Gasteiger partial charge in [-0.2, -0.15) is 5.10 Å². The number of aromatic nitrogens is 3. The van der Waals surface area contributed by atoms with Gasteiger partial charge in [0.05, 0.1) is 11.9 Å². The maximum Gasteiger partial charge on any atom is 0.219 e. The molecular weight excluding hydrogens is 386 g/mol. The summed E-state index contributed by atoms with van der Waals surface area (Å²) in [6, 6.07) is 27.7. The number of furan rings is 1. The van der Waals surface area contributed by atoms with Gasteiger partial charge in [-0.15, -0.1) is 0 Å². The maximum atomic E-state index is 5.94. The maximum absolute atomic E-state index is 5.94. The molecule has 148 valence electrons. The van der Waals surface area contributed by atoms with Crippen molar-refractivity contribution in [1.82, 2.24) is 14.8 Å². The molecule has 0 aliphatic rings. The summed E-state index contributed by atoms with van der Waals surface area (Å²) < 4.78 is 13.6. The fraction of sp³-hybridized carbons (Fsp3) is 0. The molecule has 3 aromatic heterocycles. The third-order valence-electron chi connectivity index (χ3n) is 5.23. The number of pyridine rings is 1. The number of nitrogens with zero attached hydrogens (tertiary/aromatic N) is 3. The monoisotopic (exact) mass is 403 g/mol. The van der Waals surface area contributed by atoms with Crippen molar-refractivity contribution >= 4 is 21.9 Å². The number of hydrogen-bond donors (Lipinski definition) is 0. The van der Waals surface area contributed by atoms with Crippen LogP contribution in [-0.4, -0.2) is 14.8 Å². The Morgan fingerprint density at radius 3 is 2.58 bits per heavy atom. The summed E-state index contributed by atoms with van der Waals surface area (Å²) in [5.74, 6) is 1.26. The summed E-state index contributed by atoms with van der Waals surface area (Å²) >= 11 is 0. The number of para-hydroxylation sites is 1. The van der Waals surface area contributed by atoms with Gasteiger partial charge in [0.1, 0.15) is 16.9 Å². The molecule has 5 heteroatoms. The minimum absolute atomic E-state index is 0.557. The fourth-order valence-electron chi connectivity index (χ4n) is 3.74. The minimum atomic E-state index is 0.557. The van der Waals surface area contributed by atoms with Crippen LogP contribution in [0.2, 0.25) is 0 Å². The summed E-state index contributed by atoms with van der Waals surface area (Å²) in [6.45, 7) is 0. The molecule has 0 saturated heterocycles. The van der Waals surface area contributed by atoms with Crippen molar-refractivity contribution in [2.45, 2.75) is 0 Å². The first-order valence-corrected chi connectivity index (χ1v) is 9.99. The summed E-state index contributed by atoms with van der Waals surface area (Å²) in [6.07, 6.45) is 5.60. The molecule has 0 radical (unpaired) electrons. The highest BCUT2D eigenvalue weighted by molar-refractivity contribution is 6.06. The smallest absolute Gasteiger partial charge is 0.219 e. The molecule has 3 aromatic carbocycles. The first-order valence-electron chi connectivity index (χ1n) is 9.99. The van der Waals surface area contributed by atoms with E-state index in [9.17, 15) is 0 Å². The summed E-state index contributed by atoms with van der Waals surface area (Å²) in [4.78, 5) is 4.21. The molecule has 0 spiro atoms. The van der Waals surface area contributed by atoms with Crippen molar-refractivity contribution in [1.29, 1.82) is 0 Å². The molecular formula is C26H17N3O2. The highest BCUT2D eigenvalue weighted by Gasteiger charge is 2.10. The lowest BCUT2D eigenvalue weighted by molar-refractivity contribution is 0.462. The molecule has 0 amide bonds. The SMILES string of the molecule is c1ccc(Oc2cccc(-n3cc(-c4ccc5oc6ccccc6c5c4)cn3)c2)nc1. The normalized spacial score (nSPS) is 11.2. The number of ether oxygens (including phenoxy) is 1. The van der Waals surface area contributed by atoms with E-state index >= 15 is 0 Å². The van der Waals surface area contributed by atoms with Crippen molar-refractivity contribution in [3.8, 4) is 28.4 Å². The van der Waals surface area contributed by atoms with E-state index in [0.29, 0.717) is 11.6 Å². The lowest BCUT2D eigenvalue weighted by Crippen LogP contribution is -1.95. The second-order valence-electron chi connectivity index (χ2n) is 7.25. The molecule has 0 aliphatic carbocycles. The van der Waals surface area contributed by atoms with Crippen LogP contribution < -0.4 is 4.74 Å². The Morgan fingerprint density at radius 1 is 0.742 bits per heavy atom. The topological polar surface area (TPSA) is 53.1 Å². The van der Waals surface area contributed by atoms with Crippen molar-refractivity contribution in [3.05, 3.63) is 104 Å². The molecule has 0 bridgehead atoms. The predicted molar refractivity (Wildman–Crippen MR) is 121 cm³/mol. The molecule has 0 aliphatic heterocycles. The Morgan fingerprint density at radius 2 is 1.65 bits per heavy atom. The van der Waals surface area contributed by atoms with Crippen LogP contribution in [0.25, 0.3) is 38.8 Å². The van der Waals surface area contributed by atoms with Crippen LogP contribution in [0.3, 0.4) is 0 Å². The quantitative estimate of drug-likeness (QED) is 0.332. The lowest BCUT2D eigenvalue weighted by Gasteiger charge is -2.06. The molecule has 0 unspecified atom stereocenters. The molecule has 6 rings (SSSR count). The van der Waals surface area contributed by atoms with Gasteiger partial charge in [-0.3, -0.25) is 0 Å². The molecule has 5 nitrogen and oxygen atoms in total. The third-order valence-corrected chi connectivity index (χ3v) is 5.23.